The third-order valence-corrected chi connectivity index (χ3v) is 6.24. The van der Waals surface area contributed by atoms with E-state index in [0.29, 0.717) is 35.3 Å². The molecule has 2 atom stereocenters. The number of amides is 2. The minimum Gasteiger partial charge on any atom is -0.324 e. The van der Waals surface area contributed by atoms with Crippen molar-refractivity contribution in [1.29, 1.82) is 0 Å². The predicted molar refractivity (Wildman–Crippen MR) is 126 cm³/mol. The molecule has 0 bridgehead atoms. The highest BCUT2D eigenvalue weighted by molar-refractivity contribution is 6.04. The Labute approximate surface area is 193 Å². The van der Waals surface area contributed by atoms with Crippen LogP contribution in [-0.4, -0.2) is 40.9 Å². The standard InChI is InChI=1S/C27H26N2O4/c1-17(30)19-9-5-11-22(13-19)27(33)29-16-23-8-4-3-7-21(23)15-25(29)26(32)28-24-12-6-10-20(14-24)18(2)31/h3-6,8-14,21,25H,7,15-16H2,1-2H3,(H,28,32)/t21?,25-/m0/s1. The van der Waals surface area contributed by atoms with Crippen LogP contribution in [0.25, 0.3) is 0 Å². The molecule has 2 aromatic rings. The molecule has 0 saturated carbocycles. The Hall–Kier alpha value is -3.80. The summed E-state index contributed by atoms with van der Waals surface area (Å²) in [5.41, 5.74) is 2.98. The van der Waals surface area contributed by atoms with Gasteiger partial charge in [-0.25, -0.2) is 0 Å². The molecule has 1 heterocycles. The lowest BCUT2D eigenvalue weighted by molar-refractivity contribution is -0.121. The van der Waals surface area contributed by atoms with Crippen molar-refractivity contribution in [3.63, 3.8) is 0 Å². The van der Waals surface area contributed by atoms with Crippen LogP contribution in [0.5, 0.6) is 0 Å². The molecule has 1 saturated heterocycles. The second kappa shape index (κ2) is 9.36. The summed E-state index contributed by atoms with van der Waals surface area (Å²) in [7, 11) is 0. The second-order valence-corrected chi connectivity index (χ2v) is 8.55. The van der Waals surface area contributed by atoms with E-state index in [1.54, 1.807) is 53.4 Å². The summed E-state index contributed by atoms with van der Waals surface area (Å²) in [4.78, 5) is 52.0. The van der Waals surface area contributed by atoms with Crippen molar-refractivity contribution in [3.8, 4) is 0 Å². The summed E-state index contributed by atoms with van der Waals surface area (Å²) < 4.78 is 0. The number of anilines is 1. The molecule has 168 valence electrons. The summed E-state index contributed by atoms with van der Waals surface area (Å²) in [5, 5.41) is 2.89. The average molecular weight is 443 g/mol. The maximum Gasteiger partial charge on any atom is 0.254 e. The fourth-order valence-electron chi connectivity index (χ4n) is 4.40. The Kier molecular flexibility index (Phi) is 6.36. The van der Waals surface area contributed by atoms with Gasteiger partial charge in [-0.15, -0.1) is 0 Å². The number of piperidine rings is 1. The maximum atomic E-state index is 13.5. The van der Waals surface area contributed by atoms with Gasteiger partial charge in [-0.1, -0.05) is 42.5 Å². The number of allylic oxidation sites excluding steroid dienone is 3. The van der Waals surface area contributed by atoms with Gasteiger partial charge in [0.25, 0.3) is 5.91 Å². The molecule has 0 spiro atoms. The van der Waals surface area contributed by atoms with Crippen LogP contribution in [0.4, 0.5) is 5.69 Å². The van der Waals surface area contributed by atoms with Crippen LogP contribution in [0.3, 0.4) is 0 Å². The molecule has 1 N–H and O–H groups in total. The quantitative estimate of drug-likeness (QED) is 0.694. The van der Waals surface area contributed by atoms with Crippen LogP contribution in [-0.2, 0) is 4.79 Å². The monoisotopic (exact) mass is 442 g/mol. The number of benzene rings is 2. The van der Waals surface area contributed by atoms with Crippen molar-refractivity contribution in [2.45, 2.75) is 32.7 Å². The maximum absolute atomic E-state index is 13.5. The average Bonchev–Trinajstić information content (AvgIpc) is 2.83. The van der Waals surface area contributed by atoms with Gasteiger partial charge in [0.05, 0.1) is 0 Å². The zero-order valence-corrected chi connectivity index (χ0v) is 18.7. The van der Waals surface area contributed by atoms with Gasteiger partial charge in [0.1, 0.15) is 6.04 Å². The number of likely N-dealkylation sites (tertiary alicyclic amines) is 1. The van der Waals surface area contributed by atoms with Gasteiger partial charge in [-0.05, 0) is 62.4 Å². The van der Waals surface area contributed by atoms with E-state index in [4.69, 9.17) is 0 Å². The van der Waals surface area contributed by atoms with Crippen molar-refractivity contribution in [3.05, 3.63) is 89.0 Å². The largest absolute Gasteiger partial charge is 0.324 e. The third-order valence-electron chi connectivity index (χ3n) is 6.24. The number of rotatable bonds is 5. The van der Waals surface area contributed by atoms with Gasteiger partial charge in [0, 0.05) is 28.9 Å². The number of ketones is 2. The zero-order chi connectivity index (χ0) is 23.5. The van der Waals surface area contributed by atoms with Gasteiger partial charge < -0.3 is 10.2 Å². The minimum absolute atomic E-state index is 0.0882. The van der Waals surface area contributed by atoms with Gasteiger partial charge in [-0.3, -0.25) is 19.2 Å². The van der Waals surface area contributed by atoms with Crippen LogP contribution in [0, 0.1) is 5.92 Å². The van der Waals surface area contributed by atoms with E-state index in [1.807, 2.05) is 12.2 Å². The highest BCUT2D eigenvalue weighted by Gasteiger charge is 2.39. The number of carbonyl (C=O) groups is 4. The number of Topliss-reactive ketones (excluding diaryl/α,β-unsaturated/α-hetero) is 2. The molecule has 2 aromatic carbocycles. The lowest BCUT2D eigenvalue weighted by atomic mass is 9.81. The molecule has 0 aromatic heterocycles. The topological polar surface area (TPSA) is 83.6 Å². The predicted octanol–water partition coefficient (Wildman–Crippen LogP) is 4.45. The Morgan fingerprint density at radius 2 is 1.58 bits per heavy atom. The Balaban J connectivity index is 1.63. The van der Waals surface area contributed by atoms with E-state index in [9.17, 15) is 19.2 Å². The minimum atomic E-state index is -0.673. The van der Waals surface area contributed by atoms with Gasteiger partial charge in [-0.2, -0.15) is 0 Å². The van der Waals surface area contributed by atoms with Crippen LogP contribution in [0.2, 0.25) is 0 Å². The summed E-state index contributed by atoms with van der Waals surface area (Å²) in [6.07, 6.45) is 7.42. The molecular weight excluding hydrogens is 416 g/mol. The molecule has 0 radical (unpaired) electrons. The first-order valence-electron chi connectivity index (χ1n) is 11.0. The number of nitrogens with zero attached hydrogens (tertiary/aromatic N) is 1. The molecule has 4 rings (SSSR count). The molecule has 1 unspecified atom stereocenters. The number of hydrogen-bond acceptors (Lipinski definition) is 4. The molecular formula is C27H26N2O4. The van der Waals surface area contributed by atoms with E-state index >= 15 is 0 Å². The molecule has 1 aliphatic carbocycles. The SMILES string of the molecule is CC(=O)c1cccc(NC(=O)[C@@H]2CC3CC=CC=C3CN2C(=O)c2cccc(C(C)=O)c2)c1. The number of carbonyl (C=O) groups excluding carboxylic acids is 4. The fraction of sp³-hybridized carbons (Fsp3) is 0.259. The summed E-state index contributed by atoms with van der Waals surface area (Å²) in [5.74, 6) is -0.593. The van der Waals surface area contributed by atoms with Crippen molar-refractivity contribution >= 4 is 29.1 Å². The molecule has 1 aliphatic heterocycles. The first-order valence-corrected chi connectivity index (χ1v) is 11.0. The second-order valence-electron chi connectivity index (χ2n) is 8.55. The fourth-order valence-corrected chi connectivity index (χ4v) is 4.40. The molecule has 2 aliphatic rings. The molecule has 6 heteroatoms. The molecule has 2 amide bonds. The molecule has 1 fully saturated rings. The third kappa shape index (κ3) is 4.85. The van der Waals surface area contributed by atoms with E-state index in [2.05, 4.69) is 11.4 Å². The first kappa shape index (κ1) is 22.4. The number of hydrogen-bond donors (Lipinski definition) is 1. The van der Waals surface area contributed by atoms with Crippen molar-refractivity contribution in [1.82, 2.24) is 4.90 Å². The van der Waals surface area contributed by atoms with Crippen molar-refractivity contribution in [2.75, 3.05) is 11.9 Å². The molecule has 6 nitrogen and oxygen atoms in total. The van der Waals surface area contributed by atoms with Crippen LogP contribution < -0.4 is 5.32 Å². The van der Waals surface area contributed by atoms with E-state index < -0.39 is 6.04 Å². The Bertz CT molecular complexity index is 1190. The van der Waals surface area contributed by atoms with E-state index in [1.165, 1.54) is 13.8 Å². The van der Waals surface area contributed by atoms with Crippen LogP contribution in [0.1, 0.15) is 57.8 Å². The van der Waals surface area contributed by atoms with Gasteiger partial charge in [0.15, 0.2) is 11.6 Å². The first-order chi connectivity index (χ1) is 15.8. The lowest BCUT2D eigenvalue weighted by Crippen LogP contribution is -2.53. The highest BCUT2D eigenvalue weighted by Crippen LogP contribution is 2.34. The lowest BCUT2D eigenvalue weighted by Gasteiger charge is -2.41. The highest BCUT2D eigenvalue weighted by atomic mass is 16.2. The summed E-state index contributed by atoms with van der Waals surface area (Å²) >= 11 is 0. The smallest absolute Gasteiger partial charge is 0.254 e. The van der Waals surface area contributed by atoms with E-state index in [-0.39, 0.29) is 29.3 Å². The van der Waals surface area contributed by atoms with Crippen LogP contribution in [0.15, 0.2) is 72.3 Å². The van der Waals surface area contributed by atoms with Gasteiger partial charge in [0.2, 0.25) is 5.91 Å². The summed E-state index contributed by atoms with van der Waals surface area (Å²) in [6.45, 7) is 3.28. The normalized spacial score (nSPS) is 19.3. The Morgan fingerprint density at radius 1 is 0.909 bits per heavy atom. The van der Waals surface area contributed by atoms with Crippen LogP contribution >= 0.6 is 0 Å². The van der Waals surface area contributed by atoms with Gasteiger partial charge >= 0.3 is 0 Å². The van der Waals surface area contributed by atoms with Crippen molar-refractivity contribution in [2.24, 2.45) is 5.92 Å². The van der Waals surface area contributed by atoms with E-state index in [0.717, 1.165) is 12.0 Å². The number of fused-ring (bicyclic) bond motifs is 1. The Morgan fingerprint density at radius 3 is 2.30 bits per heavy atom. The zero-order valence-electron chi connectivity index (χ0n) is 18.7. The number of nitrogens with one attached hydrogen (secondary N) is 1. The molecule has 33 heavy (non-hydrogen) atoms. The van der Waals surface area contributed by atoms with Crippen molar-refractivity contribution < 1.29 is 19.2 Å². The summed E-state index contributed by atoms with van der Waals surface area (Å²) in [6, 6.07) is 12.7.